The van der Waals surface area contributed by atoms with Crippen molar-refractivity contribution < 1.29 is 19.0 Å². The zero-order valence-corrected chi connectivity index (χ0v) is 12.8. The number of carboxylic acids is 1. The molecule has 0 saturated carbocycles. The van der Waals surface area contributed by atoms with Crippen molar-refractivity contribution in [2.75, 3.05) is 7.11 Å². The Labute approximate surface area is 136 Å². The molecule has 3 rings (SSSR count). The van der Waals surface area contributed by atoms with Gasteiger partial charge in [-0.05, 0) is 35.9 Å². The van der Waals surface area contributed by atoms with Crippen molar-refractivity contribution in [3.8, 4) is 5.75 Å². The van der Waals surface area contributed by atoms with Crippen LogP contribution in [0, 0.1) is 5.82 Å². The van der Waals surface area contributed by atoms with Crippen molar-refractivity contribution in [2.45, 2.75) is 6.54 Å². The number of hydrogen-bond acceptors (Lipinski definition) is 3. The molecule has 1 N–H and O–H groups in total. The number of aromatic carboxylic acids is 1. The van der Waals surface area contributed by atoms with E-state index in [1.807, 2.05) is 0 Å². The van der Waals surface area contributed by atoms with Crippen molar-refractivity contribution in [1.29, 1.82) is 0 Å². The lowest BCUT2D eigenvalue weighted by molar-refractivity contribution is 0.0696. The smallest absolute Gasteiger partial charge is 0.335 e. The Balaban J connectivity index is 2.22. The lowest BCUT2D eigenvalue weighted by Crippen LogP contribution is -2.20. The van der Waals surface area contributed by atoms with Gasteiger partial charge in [0.2, 0.25) is 0 Å². The fraction of sp³-hybridized carbons (Fsp3) is 0.111. The molecule has 3 aromatic rings. The van der Waals surface area contributed by atoms with E-state index in [4.69, 9.17) is 4.74 Å². The van der Waals surface area contributed by atoms with Gasteiger partial charge in [-0.3, -0.25) is 4.79 Å². The van der Waals surface area contributed by atoms with Gasteiger partial charge in [-0.2, -0.15) is 0 Å². The predicted molar refractivity (Wildman–Crippen MR) is 87.2 cm³/mol. The van der Waals surface area contributed by atoms with Gasteiger partial charge in [0.25, 0.3) is 5.56 Å². The van der Waals surface area contributed by atoms with Crippen LogP contribution in [0.4, 0.5) is 4.39 Å². The van der Waals surface area contributed by atoms with Crippen LogP contribution < -0.4 is 10.3 Å². The van der Waals surface area contributed by atoms with E-state index in [-0.39, 0.29) is 23.5 Å². The molecule has 122 valence electrons. The fourth-order valence-corrected chi connectivity index (χ4v) is 2.61. The maximum absolute atomic E-state index is 13.1. The average molecular weight is 327 g/mol. The minimum atomic E-state index is -1.08. The number of fused-ring (bicyclic) bond motifs is 1. The van der Waals surface area contributed by atoms with Crippen LogP contribution in [0.1, 0.15) is 15.9 Å². The van der Waals surface area contributed by atoms with Crippen molar-refractivity contribution >= 4 is 16.9 Å². The Bertz CT molecular complexity index is 977. The van der Waals surface area contributed by atoms with Crippen LogP contribution in [0.3, 0.4) is 0 Å². The lowest BCUT2D eigenvalue weighted by atomic mass is 10.1. The number of methoxy groups -OCH3 is 1. The number of aromatic nitrogens is 1. The molecule has 1 heterocycles. The molecule has 24 heavy (non-hydrogen) atoms. The van der Waals surface area contributed by atoms with Crippen molar-refractivity contribution in [3.63, 3.8) is 0 Å². The van der Waals surface area contributed by atoms with Crippen LogP contribution in [-0.4, -0.2) is 22.8 Å². The summed E-state index contributed by atoms with van der Waals surface area (Å²) >= 11 is 0. The Morgan fingerprint density at radius 2 is 1.88 bits per heavy atom. The quantitative estimate of drug-likeness (QED) is 0.800. The van der Waals surface area contributed by atoms with E-state index in [0.717, 1.165) is 5.56 Å². The Morgan fingerprint density at radius 1 is 1.17 bits per heavy atom. The van der Waals surface area contributed by atoms with E-state index in [9.17, 15) is 19.1 Å². The molecule has 0 amide bonds. The molecule has 0 fully saturated rings. The van der Waals surface area contributed by atoms with Gasteiger partial charge in [0, 0.05) is 11.5 Å². The molecular weight excluding hydrogens is 313 g/mol. The second kappa shape index (κ2) is 6.16. The molecule has 0 atom stereocenters. The van der Waals surface area contributed by atoms with Crippen LogP contribution >= 0.6 is 0 Å². The largest absolute Gasteiger partial charge is 0.495 e. The number of halogens is 1. The highest BCUT2D eigenvalue weighted by molar-refractivity contribution is 5.96. The summed E-state index contributed by atoms with van der Waals surface area (Å²) in [6.07, 6.45) is 0. The molecule has 0 aliphatic heterocycles. The van der Waals surface area contributed by atoms with E-state index in [0.29, 0.717) is 16.7 Å². The Morgan fingerprint density at radius 3 is 2.50 bits per heavy atom. The molecule has 0 aliphatic rings. The van der Waals surface area contributed by atoms with Crippen LogP contribution in [0.25, 0.3) is 10.9 Å². The summed E-state index contributed by atoms with van der Waals surface area (Å²) in [4.78, 5) is 23.5. The van der Waals surface area contributed by atoms with Crippen molar-refractivity contribution in [3.05, 3.63) is 75.8 Å². The van der Waals surface area contributed by atoms with E-state index >= 15 is 0 Å². The van der Waals surface area contributed by atoms with Gasteiger partial charge in [-0.1, -0.05) is 12.1 Å². The van der Waals surface area contributed by atoms with Gasteiger partial charge in [-0.15, -0.1) is 0 Å². The summed E-state index contributed by atoms with van der Waals surface area (Å²) in [5.74, 6) is -1.14. The first-order valence-electron chi connectivity index (χ1n) is 7.19. The summed E-state index contributed by atoms with van der Waals surface area (Å²) in [6, 6.07) is 11.6. The minimum Gasteiger partial charge on any atom is -0.495 e. The summed E-state index contributed by atoms with van der Waals surface area (Å²) in [5, 5.41) is 9.77. The number of carbonyl (C=O) groups is 1. The maximum Gasteiger partial charge on any atom is 0.335 e. The highest BCUT2D eigenvalue weighted by Gasteiger charge is 2.14. The molecule has 0 bridgehead atoms. The molecule has 2 aromatic carbocycles. The number of nitrogens with zero attached hydrogens (tertiary/aromatic N) is 1. The first-order valence-corrected chi connectivity index (χ1v) is 7.19. The van der Waals surface area contributed by atoms with E-state index < -0.39 is 5.97 Å². The Kier molecular flexibility index (Phi) is 4.04. The van der Waals surface area contributed by atoms with Gasteiger partial charge in [-0.25, -0.2) is 9.18 Å². The summed E-state index contributed by atoms with van der Waals surface area (Å²) in [5.41, 5.74) is 1.06. The predicted octanol–water partition coefficient (Wildman–Crippen LogP) is 2.90. The van der Waals surface area contributed by atoms with Crippen LogP contribution in [0.2, 0.25) is 0 Å². The van der Waals surface area contributed by atoms with Gasteiger partial charge < -0.3 is 14.4 Å². The first kappa shape index (κ1) is 15.7. The van der Waals surface area contributed by atoms with E-state index in [1.165, 1.54) is 42.0 Å². The number of pyridine rings is 1. The zero-order chi connectivity index (χ0) is 17.3. The topological polar surface area (TPSA) is 68.5 Å². The standard InChI is InChI=1S/C18H14FNO4/c1-24-15-9-13(18(22)23)8-12-4-7-16(21)20(17(12)15)10-11-2-5-14(19)6-3-11/h2-9H,10H2,1H3,(H,22,23). The third kappa shape index (κ3) is 2.86. The highest BCUT2D eigenvalue weighted by Crippen LogP contribution is 2.27. The number of ether oxygens (including phenoxy) is 1. The second-order valence-electron chi connectivity index (χ2n) is 5.31. The Hall–Kier alpha value is -3.15. The molecule has 0 aliphatic carbocycles. The number of rotatable bonds is 4. The summed E-state index contributed by atoms with van der Waals surface area (Å²) in [7, 11) is 1.42. The number of hydrogen-bond donors (Lipinski definition) is 1. The molecule has 6 heteroatoms. The SMILES string of the molecule is COc1cc(C(=O)O)cc2ccc(=O)n(Cc3ccc(F)cc3)c12. The fourth-order valence-electron chi connectivity index (χ4n) is 2.61. The van der Waals surface area contributed by atoms with Gasteiger partial charge >= 0.3 is 5.97 Å². The third-order valence-corrected chi connectivity index (χ3v) is 3.77. The number of carboxylic acid groups (broad SMARTS) is 1. The highest BCUT2D eigenvalue weighted by atomic mass is 19.1. The van der Waals surface area contributed by atoms with Crippen LogP contribution in [0.15, 0.2) is 53.3 Å². The normalized spacial score (nSPS) is 10.8. The maximum atomic E-state index is 13.1. The monoisotopic (exact) mass is 327 g/mol. The third-order valence-electron chi connectivity index (χ3n) is 3.77. The lowest BCUT2D eigenvalue weighted by Gasteiger charge is -2.14. The molecule has 5 nitrogen and oxygen atoms in total. The second-order valence-corrected chi connectivity index (χ2v) is 5.31. The van der Waals surface area contributed by atoms with Crippen LogP contribution in [0.5, 0.6) is 5.75 Å². The van der Waals surface area contributed by atoms with Gasteiger partial charge in [0.05, 0.1) is 24.7 Å². The van der Waals surface area contributed by atoms with E-state index in [2.05, 4.69) is 0 Å². The first-order chi connectivity index (χ1) is 11.5. The molecular formula is C18H14FNO4. The van der Waals surface area contributed by atoms with Crippen LogP contribution in [-0.2, 0) is 6.54 Å². The van der Waals surface area contributed by atoms with Crippen molar-refractivity contribution in [1.82, 2.24) is 4.57 Å². The molecule has 0 radical (unpaired) electrons. The summed E-state index contributed by atoms with van der Waals surface area (Å²) in [6.45, 7) is 0.221. The van der Waals surface area contributed by atoms with Gasteiger partial charge in [0.1, 0.15) is 11.6 Å². The number of benzene rings is 2. The molecule has 1 aromatic heterocycles. The van der Waals surface area contributed by atoms with Gasteiger partial charge in [0.15, 0.2) is 0 Å². The minimum absolute atomic E-state index is 0.0753. The summed E-state index contributed by atoms with van der Waals surface area (Å²) < 4.78 is 19.8. The molecule has 0 saturated heterocycles. The molecule has 0 unspecified atom stereocenters. The zero-order valence-electron chi connectivity index (χ0n) is 12.8. The van der Waals surface area contributed by atoms with Crippen molar-refractivity contribution in [2.24, 2.45) is 0 Å². The van der Waals surface area contributed by atoms with E-state index in [1.54, 1.807) is 18.2 Å². The molecule has 0 spiro atoms. The average Bonchev–Trinajstić information content (AvgIpc) is 2.58.